The molecule has 1 N–H and O–H groups in total. The maximum Gasteiger partial charge on any atom is 0.408 e. The van der Waals surface area contributed by atoms with Crippen LogP contribution in [0.25, 0.3) is 0 Å². The Morgan fingerprint density at radius 2 is 2.04 bits per heavy atom. The third kappa shape index (κ3) is 4.15. The Morgan fingerprint density at radius 1 is 1.28 bits per heavy atom. The molecule has 1 aliphatic carbocycles. The van der Waals surface area contributed by atoms with Crippen LogP contribution < -0.4 is 5.32 Å². The minimum Gasteiger partial charge on any atom is -0.436 e. The number of hydrogen-bond acceptors (Lipinski definition) is 4. The SMILES string of the molecule is CC(C)(C)NC(=O)O[C@]1(C)c2ccccc2C[C@@H]1OC1CCCCO1. The first-order valence-electron chi connectivity index (χ1n) is 9.14. The van der Waals surface area contributed by atoms with E-state index in [0.717, 1.165) is 43.4 Å². The van der Waals surface area contributed by atoms with E-state index in [2.05, 4.69) is 11.4 Å². The third-order valence-corrected chi connectivity index (χ3v) is 4.81. The van der Waals surface area contributed by atoms with E-state index < -0.39 is 11.7 Å². The van der Waals surface area contributed by atoms with Crippen LogP contribution in [0, 0.1) is 0 Å². The minimum atomic E-state index is -0.827. The average Bonchev–Trinajstić information content (AvgIpc) is 2.79. The lowest BCUT2D eigenvalue weighted by Gasteiger charge is -2.36. The lowest BCUT2D eigenvalue weighted by molar-refractivity contribution is -0.222. The van der Waals surface area contributed by atoms with Gasteiger partial charge in [-0.2, -0.15) is 0 Å². The molecule has 0 spiro atoms. The van der Waals surface area contributed by atoms with Crippen molar-refractivity contribution in [3.8, 4) is 0 Å². The van der Waals surface area contributed by atoms with Gasteiger partial charge in [-0.15, -0.1) is 0 Å². The quantitative estimate of drug-likeness (QED) is 0.901. The maximum atomic E-state index is 12.4. The van der Waals surface area contributed by atoms with Crippen LogP contribution in [0.1, 0.15) is 58.1 Å². The van der Waals surface area contributed by atoms with Gasteiger partial charge in [0.2, 0.25) is 0 Å². The molecule has 1 unspecified atom stereocenters. The molecule has 0 bridgehead atoms. The number of carbonyl (C=O) groups excluding carboxylic acids is 1. The number of amides is 1. The number of alkyl carbamates (subject to hydrolysis) is 1. The second-order valence-electron chi connectivity index (χ2n) is 8.15. The first kappa shape index (κ1) is 18.2. The van der Waals surface area contributed by atoms with Crippen LogP contribution in [0.15, 0.2) is 24.3 Å². The van der Waals surface area contributed by atoms with Gasteiger partial charge in [0, 0.05) is 24.1 Å². The molecule has 0 saturated carbocycles. The molecule has 1 aromatic rings. The van der Waals surface area contributed by atoms with Gasteiger partial charge in [0.25, 0.3) is 0 Å². The van der Waals surface area contributed by atoms with Crippen molar-refractivity contribution in [3.63, 3.8) is 0 Å². The van der Waals surface area contributed by atoms with E-state index in [1.807, 2.05) is 45.9 Å². The van der Waals surface area contributed by atoms with Gasteiger partial charge < -0.3 is 19.5 Å². The summed E-state index contributed by atoms with van der Waals surface area (Å²) in [6.45, 7) is 8.47. The van der Waals surface area contributed by atoms with Crippen LogP contribution in [0.3, 0.4) is 0 Å². The number of hydrogen-bond donors (Lipinski definition) is 1. The molecule has 1 aromatic carbocycles. The Labute approximate surface area is 150 Å². The number of fused-ring (bicyclic) bond motifs is 1. The predicted molar refractivity (Wildman–Crippen MR) is 95.3 cm³/mol. The average molecular weight is 347 g/mol. The molecule has 0 radical (unpaired) electrons. The zero-order chi connectivity index (χ0) is 18.1. The Morgan fingerprint density at radius 3 is 2.72 bits per heavy atom. The second kappa shape index (κ2) is 6.96. The van der Waals surface area contributed by atoms with Crippen LogP contribution in [-0.4, -0.2) is 30.6 Å². The molecule has 25 heavy (non-hydrogen) atoms. The summed E-state index contributed by atoms with van der Waals surface area (Å²) < 4.78 is 17.9. The lowest BCUT2D eigenvalue weighted by atomic mass is 9.96. The topological polar surface area (TPSA) is 56.8 Å². The van der Waals surface area contributed by atoms with Gasteiger partial charge in [0.05, 0.1) is 0 Å². The highest BCUT2D eigenvalue weighted by atomic mass is 16.7. The molecular formula is C20H29NO4. The van der Waals surface area contributed by atoms with Crippen LogP contribution >= 0.6 is 0 Å². The highest BCUT2D eigenvalue weighted by Gasteiger charge is 2.48. The van der Waals surface area contributed by atoms with E-state index in [-0.39, 0.29) is 17.9 Å². The largest absolute Gasteiger partial charge is 0.436 e. The number of rotatable bonds is 3. The Bertz CT molecular complexity index is 618. The van der Waals surface area contributed by atoms with Crippen molar-refractivity contribution in [1.29, 1.82) is 0 Å². The summed E-state index contributed by atoms with van der Waals surface area (Å²) in [4.78, 5) is 12.4. The number of carbonyl (C=O) groups is 1. The molecule has 1 fully saturated rings. The molecule has 5 nitrogen and oxygen atoms in total. The molecular weight excluding hydrogens is 318 g/mol. The van der Waals surface area contributed by atoms with E-state index in [1.54, 1.807) is 0 Å². The van der Waals surface area contributed by atoms with E-state index in [1.165, 1.54) is 0 Å². The molecule has 2 aliphatic rings. The molecule has 138 valence electrons. The zero-order valence-electron chi connectivity index (χ0n) is 15.6. The summed E-state index contributed by atoms with van der Waals surface area (Å²) in [5, 5.41) is 2.88. The number of nitrogens with one attached hydrogen (secondary N) is 1. The smallest absolute Gasteiger partial charge is 0.408 e. The fourth-order valence-electron chi connectivity index (χ4n) is 3.58. The van der Waals surface area contributed by atoms with Crippen molar-refractivity contribution in [1.82, 2.24) is 5.32 Å². The van der Waals surface area contributed by atoms with Crippen molar-refractivity contribution in [2.75, 3.05) is 6.61 Å². The summed E-state index contributed by atoms with van der Waals surface area (Å²) in [6.07, 6.45) is 2.89. The summed E-state index contributed by atoms with van der Waals surface area (Å²) in [5.41, 5.74) is 0.996. The Kier molecular flexibility index (Phi) is 5.07. The minimum absolute atomic E-state index is 0.221. The highest BCUT2D eigenvalue weighted by Crippen LogP contribution is 2.42. The first-order chi connectivity index (χ1) is 11.8. The van der Waals surface area contributed by atoms with E-state index in [0.29, 0.717) is 0 Å². The third-order valence-electron chi connectivity index (χ3n) is 4.81. The molecule has 1 amide bonds. The Hall–Kier alpha value is -1.59. The second-order valence-corrected chi connectivity index (χ2v) is 8.15. The van der Waals surface area contributed by atoms with Gasteiger partial charge in [-0.3, -0.25) is 0 Å². The molecule has 1 aliphatic heterocycles. The maximum absolute atomic E-state index is 12.4. The molecule has 3 rings (SSSR count). The summed E-state index contributed by atoms with van der Waals surface area (Å²) in [7, 11) is 0. The number of ether oxygens (including phenoxy) is 3. The van der Waals surface area contributed by atoms with E-state index in [9.17, 15) is 4.79 Å². The molecule has 0 aromatic heterocycles. The molecule has 1 saturated heterocycles. The normalized spacial score (nSPS) is 29.1. The van der Waals surface area contributed by atoms with Crippen molar-refractivity contribution < 1.29 is 19.0 Å². The Balaban J connectivity index is 1.80. The fourth-order valence-corrected chi connectivity index (χ4v) is 3.58. The van der Waals surface area contributed by atoms with Gasteiger partial charge in [0.1, 0.15) is 6.10 Å². The van der Waals surface area contributed by atoms with Gasteiger partial charge in [-0.1, -0.05) is 24.3 Å². The fraction of sp³-hybridized carbons (Fsp3) is 0.650. The van der Waals surface area contributed by atoms with E-state index >= 15 is 0 Å². The lowest BCUT2D eigenvalue weighted by Crippen LogP contribution is -2.48. The van der Waals surface area contributed by atoms with Crippen molar-refractivity contribution in [2.24, 2.45) is 0 Å². The van der Waals surface area contributed by atoms with Crippen LogP contribution in [0.2, 0.25) is 0 Å². The van der Waals surface area contributed by atoms with Crippen LogP contribution in [0.4, 0.5) is 4.79 Å². The molecule has 3 atom stereocenters. The van der Waals surface area contributed by atoms with Crippen molar-refractivity contribution in [3.05, 3.63) is 35.4 Å². The zero-order valence-corrected chi connectivity index (χ0v) is 15.6. The van der Waals surface area contributed by atoms with Gasteiger partial charge in [0.15, 0.2) is 11.9 Å². The van der Waals surface area contributed by atoms with E-state index in [4.69, 9.17) is 14.2 Å². The molecule has 5 heteroatoms. The van der Waals surface area contributed by atoms with Crippen LogP contribution in [-0.2, 0) is 26.2 Å². The monoisotopic (exact) mass is 347 g/mol. The standard InChI is InChI=1S/C20H29NO4/c1-19(2,3)21-18(22)25-20(4)15-10-6-5-9-14(15)13-16(20)24-17-11-7-8-12-23-17/h5-6,9-10,16-17H,7-8,11-13H2,1-4H3,(H,21,22)/t16-,17?,20+/m0/s1. The molecule has 1 heterocycles. The first-order valence-corrected chi connectivity index (χ1v) is 9.14. The van der Waals surface area contributed by atoms with Gasteiger partial charge in [-0.25, -0.2) is 4.79 Å². The summed E-state index contributed by atoms with van der Waals surface area (Å²) >= 11 is 0. The van der Waals surface area contributed by atoms with Crippen LogP contribution in [0.5, 0.6) is 0 Å². The van der Waals surface area contributed by atoms with Crippen molar-refractivity contribution in [2.45, 2.75) is 76.9 Å². The summed E-state index contributed by atoms with van der Waals surface area (Å²) in [6, 6.07) is 8.07. The number of benzene rings is 1. The van der Waals surface area contributed by atoms with Crippen molar-refractivity contribution >= 4 is 6.09 Å². The predicted octanol–water partition coefficient (Wildman–Crippen LogP) is 3.89. The summed E-state index contributed by atoms with van der Waals surface area (Å²) in [5.74, 6) is 0. The highest BCUT2D eigenvalue weighted by molar-refractivity contribution is 5.69. The van der Waals surface area contributed by atoms with Gasteiger partial charge in [-0.05, 0) is 52.5 Å². The van der Waals surface area contributed by atoms with Gasteiger partial charge >= 0.3 is 6.09 Å².